The molecular weight excluding hydrogens is 180 g/mol. The van der Waals surface area contributed by atoms with Crippen LogP contribution in [0.4, 0.5) is 0 Å². The van der Waals surface area contributed by atoms with Crippen LogP contribution in [0, 0.1) is 5.92 Å². The fourth-order valence-electron chi connectivity index (χ4n) is 1.25. The van der Waals surface area contributed by atoms with Crippen molar-refractivity contribution in [3.05, 3.63) is 24.0 Å². The molecule has 0 bridgehead atoms. The lowest BCUT2D eigenvalue weighted by Crippen LogP contribution is -2.17. The Labute approximate surface area is 84.1 Å². The molecule has 1 aliphatic rings. The highest BCUT2D eigenvalue weighted by Crippen LogP contribution is 2.16. The maximum absolute atomic E-state index is 11.4. The normalized spacial score (nSPS) is 20.4. The molecule has 0 aromatic carbocycles. The summed E-state index contributed by atoms with van der Waals surface area (Å²) in [6, 6.07) is 0. The van der Waals surface area contributed by atoms with Gasteiger partial charge in [0.1, 0.15) is 5.76 Å². The van der Waals surface area contributed by atoms with E-state index in [1.807, 2.05) is 6.92 Å². The van der Waals surface area contributed by atoms with Gasteiger partial charge in [0.05, 0.1) is 12.5 Å². The number of esters is 1. The summed E-state index contributed by atoms with van der Waals surface area (Å²) in [6.07, 6.45) is 7.43. The predicted molar refractivity (Wildman–Crippen MR) is 53.8 cm³/mol. The molecular formula is C11H16O3. The molecule has 0 amide bonds. The van der Waals surface area contributed by atoms with Gasteiger partial charge in [0.15, 0.2) is 0 Å². The van der Waals surface area contributed by atoms with Gasteiger partial charge in [-0.1, -0.05) is 19.4 Å². The van der Waals surface area contributed by atoms with E-state index < -0.39 is 0 Å². The molecule has 0 aromatic heterocycles. The molecule has 0 heterocycles. The Morgan fingerprint density at radius 1 is 1.71 bits per heavy atom. The Morgan fingerprint density at radius 3 is 3.14 bits per heavy atom. The van der Waals surface area contributed by atoms with E-state index in [0.717, 1.165) is 12.8 Å². The first kappa shape index (κ1) is 10.8. The SMILES string of the molecule is CCCCOC(=O)C1C=C(O)C=CC1. The summed E-state index contributed by atoms with van der Waals surface area (Å²) in [6.45, 7) is 2.52. The average molecular weight is 196 g/mol. The third-order valence-corrected chi connectivity index (χ3v) is 2.10. The molecule has 0 aliphatic heterocycles. The molecule has 3 nitrogen and oxygen atoms in total. The monoisotopic (exact) mass is 196 g/mol. The molecule has 0 radical (unpaired) electrons. The van der Waals surface area contributed by atoms with Gasteiger partial charge in [-0.2, -0.15) is 0 Å². The number of hydrogen-bond donors (Lipinski definition) is 1. The number of rotatable bonds is 4. The second kappa shape index (κ2) is 5.47. The van der Waals surface area contributed by atoms with Crippen molar-refractivity contribution in [1.82, 2.24) is 0 Å². The Bertz CT molecular complexity index is 253. The summed E-state index contributed by atoms with van der Waals surface area (Å²) in [5.74, 6) is -0.403. The summed E-state index contributed by atoms with van der Waals surface area (Å²) >= 11 is 0. The lowest BCUT2D eigenvalue weighted by atomic mass is 10.0. The third-order valence-electron chi connectivity index (χ3n) is 2.10. The van der Waals surface area contributed by atoms with E-state index in [0.29, 0.717) is 13.0 Å². The number of unbranched alkanes of at least 4 members (excludes halogenated alkanes) is 1. The molecule has 1 rings (SSSR count). The van der Waals surface area contributed by atoms with Gasteiger partial charge in [0.2, 0.25) is 0 Å². The Morgan fingerprint density at radius 2 is 2.50 bits per heavy atom. The Balaban J connectivity index is 2.34. The molecule has 0 aromatic rings. The van der Waals surface area contributed by atoms with E-state index in [1.165, 1.54) is 6.08 Å². The maximum atomic E-state index is 11.4. The van der Waals surface area contributed by atoms with Crippen LogP contribution >= 0.6 is 0 Å². The summed E-state index contributed by atoms with van der Waals surface area (Å²) in [5, 5.41) is 9.17. The molecule has 14 heavy (non-hydrogen) atoms. The van der Waals surface area contributed by atoms with Crippen LogP contribution in [0.3, 0.4) is 0 Å². The standard InChI is InChI=1S/C11H16O3/c1-2-3-7-14-11(13)9-5-4-6-10(12)8-9/h4,6,8-9,12H,2-3,5,7H2,1H3. The van der Waals surface area contributed by atoms with Gasteiger partial charge in [-0.3, -0.25) is 4.79 Å². The fraction of sp³-hybridized carbons (Fsp3) is 0.545. The van der Waals surface area contributed by atoms with Crippen molar-refractivity contribution in [1.29, 1.82) is 0 Å². The number of aliphatic hydroxyl groups is 1. The van der Waals surface area contributed by atoms with Crippen LogP contribution in [-0.2, 0) is 9.53 Å². The molecule has 0 fully saturated rings. The molecule has 3 heteroatoms. The zero-order valence-electron chi connectivity index (χ0n) is 8.40. The number of ether oxygens (including phenoxy) is 1. The lowest BCUT2D eigenvalue weighted by Gasteiger charge is -2.13. The molecule has 0 saturated heterocycles. The minimum absolute atomic E-state index is 0.147. The predicted octanol–water partition coefficient (Wildman–Crippen LogP) is 2.35. The molecule has 1 N–H and O–H groups in total. The van der Waals surface area contributed by atoms with E-state index in [2.05, 4.69) is 0 Å². The number of allylic oxidation sites excluding steroid dienone is 2. The summed E-state index contributed by atoms with van der Waals surface area (Å²) in [5.41, 5.74) is 0. The molecule has 78 valence electrons. The second-order valence-electron chi connectivity index (χ2n) is 3.36. The van der Waals surface area contributed by atoms with E-state index in [4.69, 9.17) is 9.84 Å². The van der Waals surface area contributed by atoms with Crippen LogP contribution in [0.25, 0.3) is 0 Å². The highest BCUT2D eigenvalue weighted by Gasteiger charge is 2.18. The van der Waals surface area contributed by atoms with Gasteiger partial charge in [0.25, 0.3) is 0 Å². The van der Waals surface area contributed by atoms with Gasteiger partial charge in [-0.05, 0) is 25.0 Å². The first-order chi connectivity index (χ1) is 6.74. The second-order valence-corrected chi connectivity index (χ2v) is 3.36. The summed E-state index contributed by atoms with van der Waals surface area (Å²) < 4.78 is 5.04. The van der Waals surface area contributed by atoms with Crippen molar-refractivity contribution >= 4 is 5.97 Å². The van der Waals surface area contributed by atoms with Crippen LogP contribution in [0.2, 0.25) is 0 Å². The molecule has 1 atom stereocenters. The third kappa shape index (κ3) is 3.24. The van der Waals surface area contributed by atoms with Crippen LogP contribution < -0.4 is 0 Å². The largest absolute Gasteiger partial charge is 0.508 e. The van der Waals surface area contributed by atoms with Crippen molar-refractivity contribution in [2.75, 3.05) is 6.61 Å². The van der Waals surface area contributed by atoms with Crippen LogP contribution in [0.1, 0.15) is 26.2 Å². The topological polar surface area (TPSA) is 46.5 Å². The van der Waals surface area contributed by atoms with Crippen molar-refractivity contribution in [3.63, 3.8) is 0 Å². The van der Waals surface area contributed by atoms with Crippen LogP contribution in [0.5, 0.6) is 0 Å². The average Bonchev–Trinajstić information content (AvgIpc) is 2.18. The lowest BCUT2D eigenvalue weighted by molar-refractivity contribution is -0.146. The summed E-state index contributed by atoms with van der Waals surface area (Å²) in [4.78, 5) is 11.4. The minimum Gasteiger partial charge on any atom is -0.508 e. The first-order valence-electron chi connectivity index (χ1n) is 4.98. The van der Waals surface area contributed by atoms with Gasteiger partial charge in [-0.15, -0.1) is 0 Å². The number of carbonyl (C=O) groups excluding carboxylic acids is 1. The van der Waals surface area contributed by atoms with Gasteiger partial charge < -0.3 is 9.84 Å². The van der Waals surface area contributed by atoms with Crippen LogP contribution in [-0.4, -0.2) is 17.7 Å². The smallest absolute Gasteiger partial charge is 0.313 e. The first-order valence-corrected chi connectivity index (χ1v) is 4.98. The molecule has 1 aliphatic carbocycles. The highest BCUT2D eigenvalue weighted by atomic mass is 16.5. The number of carbonyl (C=O) groups is 1. The maximum Gasteiger partial charge on any atom is 0.313 e. The van der Waals surface area contributed by atoms with Crippen molar-refractivity contribution in [2.45, 2.75) is 26.2 Å². The quantitative estimate of drug-likeness (QED) is 0.554. The van der Waals surface area contributed by atoms with E-state index in [-0.39, 0.29) is 17.6 Å². The Hall–Kier alpha value is -1.25. The van der Waals surface area contributed by atoms with E-state index in [9.17, 15) is 4.79 Å². The van der Waals surface area contributed by atoms with Crippen molar-refractivity contribution in [2.24, 2.45) is 5.92 Å². The van der Waals surface area contributed by atoms with Crippen LogP contribution in [0.15, 0.2) is 24.0 Å². The van der Waals surface area contributed by atoms with E-state index >= 15 is 0 Å². The zero-order chi connectivity index (χ0) is 10.4. The summed E-state index contributed by atoms with van der Waals surface area (Å²) in [7, 11) is 0. The van der Waals surface area contributed by atoms with E-state index in [1.54, 1.807) is 12.2 Å². The zero-order valence-corrected chi connectivity index (χ0v) is 8.40. The van der Waals surface area contributed by atoms with Gasteiger partial charge in [0, 0.05) is 0 Å². The highest BCUT2D eigenvalue weighted by molar-refractivity contribution is 5.75. The van der Waals surface area contributed by atoms with Gasteiger partial charge in [-0.25, -0.2) is 0 Å². The molecule has 0 spiro atoms. The number of aliphatic hydroxyl groups excluding tert-OH is 1. The Kier molecular flexibility index (Phi) is 4.23. The molecule has 1 unspecified atom stereocenters. The van der Waals surface area contributed by atoms with Crippen molar-refractivity contribution < 1.29 is 14.6 Å². The minimum atomic E-state index is -0.308. The fourth-order valence-corrected chi connectivity index (χ4v) is 1.25. The number of hydrogen-bond acceptors (Lipinski definition) is 3. The van der Waals surface area contributed by atoms with Gasteiger partial charge >= 0.3 is 5.97 Å². The van der Waals surface area contributed by atoms with Crippen molar-refractivity contribution in [3.8, 4) is 0 Å². The molecule has 0 saturated carbocycles.